The number of ether oxygens (including phenoxy) is 1. The number of fused-ring (bicyclic) bond motifs is 2. The van der Waals surface area contributed by atoms with Crippen molar-refractivity contribution in [3.8, 4) is 0 Å². The van der Waals surface area contributed by atoms with E-state index in [2.05, 4.69) is 10.3 Å². The molecular weight excluding hydrogens is 392 g/mol. The number of nitrogens with zero attached hydrogens (tertiary/aromatic N) is 1. The second kappa shape index (κ2) is 7.59. The number of hydrogen-bond donors (Lipinski definition) is 3. The molecule has 0 bridgehead atoms. The van der Waals surface area contributed by atoms with Crippen LogP contribution in [0, 0.1) is 0 Å². The average molecular weight is 412 g/mol. The van der Waals surface area contributed by atoms with E-state index >= 15 is 0 Å². The van der Waals surface area contributed by atoms with E-state index in [0.29, 0.717) is 42.2 Å². The maximum atomic E-state index is 12.9. The van der Waals surface area contributed by atoms with E-state index in [1.165, 1.54) is 11.3 Å². The van der Waals surface area contributed by atoms with E-state index in [1.807, 2.05) is 24.3 Å². The van der Waals surface area contributed by atoms with Crippen LogP contribution in [0.1, 0.15) is 38.1 Å². The number of H-pyrrole nitrogens is 1. The lowest BCUT2D eigenvalue weighted by Gasteiger charge is -2.26. The van der Waals surface area contributed by atoms with Crippen molar-refractivity contribution in [2.45, 2.75) is 19.9 Å². The average Bonchev–Trinajstić information content (AvgIpc) is 3.28. The lowest BCUT2D eigenvalue weighted by molar-refractivity contribution is 0.0997. The highest BCUT2D eigenvalue weighted by atomic mass is 32.1. The Labute approximate surface area is 170 Å². The van der Waals surface area contributed by atoms with Crippen molar-refractivity contribution >= 4 is 45.1 Å². The van der Waals surface area contributed by atoms with E-state index in [4.69, 9.17) is 10.5 Å². The number of primary amides is 1. The number of nitrogens with one attached hydrogen (secondary N) is 2. The molecule has 150 valence electrons. The quantitative estimate of drug-likeness (QED) is 0.610. The largest absolute Gasteiger partial charge is 0.450 e. The zero-order chi connectivity index (χ0) is 20.5. The molecule has 0 aliphatic carbocycles. The first-order valence-electron chi connectivity index (χ1n) is 9.23. The molecule has 0 radical (unpaired) electrons. The zero-order valence-electron chi connectivity index (χ0n) is 15.8. The van der Waals surface area contributed by atoms with Gasteiger partial charge in [0.05, 0.1) is 24.3 Å². The minimum Gasteiger partial charge on any atom is -0.450 e. The first-order chi connectivity index (χ1) is 14.0. The van der Waals surface area contributed by atoms with Gasteiger partial charge < -0.3 is 25.7 Å². The molecule has 0 atom stereocenters. The molecule has 8 nitrogen and oxygen atoms in total. The lowest BCUT2D eigenvalue weighted by atomic mass is 10.0. The van der Waals surface area contributed by atoms with E-state index < -0.39 is 12.0 Å². The van der Waals surface area contributed by atoms with Crippen LogP contribution in [0.15, 0.2) is 30.5 Å². The standard InChI is InChI=1S/C20H20N4O4S/c1-2-28-20(27)24-8-7-12-15(10-24)29-19(16(12)17(21)25)23-18(26)13-9-22-14-6-4-3-5-11(13)14/h3-6,9,22H,2,7-8,10H2,1H3,(H2,21,25)(H,23,26). The highest BCUT2D eigenvalue weighted by Gasteiger charge is 2.30. The van der Waals surface area contributed by atoms with Crippen LogP contribution in [-0.2, 0) is 17.7 Å². The number of aromatic nitrogens is 1. The lowest BCUT2D eigenvalue weighted by Crippen LogP contribution is -2.36. The van der Waals surface area contributed by atoms with Crippen molar-refractivity contribution in [1.29, 1.82) is 0 Å². The van der Waals surface area contributed by atoms with Gasteiger partial charge in [-0.15, -0.1) is 11.3 Å². The Kier molecular flexibility index (Phi) is 4.98. The Bertz CT molecular complexity index is 1120. The summed E-state index contributed by atoms with van der Waals surface area (Å²) >= 11 is 1.27. The minimum absolute atomic E-state index is 0.297. The van der Waals surface area contributed by atoms with Gasteiger partial charge in [0.1, 0.15) is 5.00 Å². The van der Waals surface area contributed by atoms with Gasteiger partial charge in [-0.2, -0.15) is 0 Å². The minimum atomic E-state index is -0.596. The van der Waals surface area contributed by atoms with Gasteiger partial charge in [-0.1, -0.05) is 18.2 Å². The SMILES string of the molecule is CCOC(=O)N1CCc2c(sc(NC(=O)c3c[nH]c4ccccc34)c2C(N)=O)C1. The molecule has 1 aliphatic rings. The van der Waals surface area contributed by atoms with Gasteiger partial charge in [-0.05, 0) is 25.0 Å². The highest BCUT2D eigenvalue weighted by molar-refractivity contribution is 7.17. The summed E-state index contributed by atoms with van der Waals surface area (Å²) in [4.78, 5) is 42.5. The number of benzene rings is 1. The molecule has 0 fully saturated rings. The van der Waals surface area contributed by atoms with Gasteiger partial charge in [0.25, 0.3) is 11.8 Å². The normalized spacial score (nSPS) is 13.2. The predicted molar refractivity (Wildman–Crippen MR) is 110 cm³/mol. The maximum absolute atomic E-state index is 12.9. The number of amides is 3. The van der Waals surface area contributed by atoms with Crippen LogP contribution in [0.2, 0.25) is 0 Å². The fraction of sp³-hybridized carbons (Fsp3) is 0.250. The summed E-state index contributed by atoms with van der Waals surface area (Å²) in [5.41, 5.74) is 8.06. The van der Waals surface area contributed by atoms with Crippen molar-refractivity contribution in [2.75, 3.05) is 18.5 Å². The Morgan fingerprint density at radius 3 is 2.86 bits per heavy atom. The van der Waals surface area contributed by atoms with Crippen LogP contribution in [0.4, 0.5) is 9.80 Å². The molecule has 2 aromatic heterocycles. The summed E-state index contributed by atoms with van der Waals surface area (Å²) in [6, 6.07) is 7.48. The molecule has 3 amide bonds. The van der Waals surface area contributed by atoms with Crippen LogP contribution >= 0.6 is 11.3 Å². The van der Waals surface area contributed by atoms with Crippen molar-refractivity contribution in [3.63, 3.8) is 0 Å². The first kappa shape index (κ1) is 19.0. The van der Waals surface area contributed by atoms with Crippen molar-refractivity contribution in [2.24, 2.45) is 5.73 Å². The Morgan fingerprint density at radius 1 is 1.31 bits per heavy atom. The molecule has 4 N–H and O–H groups in total. The van der Waals surface area contributed by atoms with Crippen LogP contribution in [0.5, 0.6) is 0 Å². The van der Waals surface area contributed by atoms with Crippen LogP contribution in [0.3, 0.4) is 0 Å². The summed E-state index contributed by atoms with van der Waals surface area (Å²) in [7, 11) is 0. The second-order valence-electron chi connectivity index (χ2n) is 6.64. The van der Waals surface area contributed by atoms with Gasteiger partial charge in [-0.3, -0.25) is 9.59 Å². The van der Waals surface area contributed by atoms with Crippen molar-refractivity contribution in [3.05, 3.63) is 52.0 Å². The summed E-state index contributed by atoms with van der Waals surface area (Å²) in [6.07, 6.45) is 1.72. The van der Waals surface area contributed by atoms with Gasteiger partial charge in [0, 0.05) is 28.5 Å². The number of aromatic amines is 1. The monoisotopic (exact) mass is 412 g/mol. The smallest absolute Gasteiger partial charge is 0.410 e. The van der Waals surface area contributed by atoms with Crippen LogP contribution < -0.4 is 11.1 Å². The number of anilines is 1. The van der Waals surface area contributed by atoms with Crippen molar-refractivity contribution in [1.82, 2.24) is 9.88 Å². The molecule has 9 heteroatoms. The summed E-state index contributed by atoms with van der Waals surface area (Å²) in [5, 5.41) is 4.03. The molecule has 0 spiro atoms. The Morgan fingerprint density at radius 2 is 2.10 bits per heavy atom. The second-order valence-corrected chi connectivity index (χ2v) is 7.75. The van der Waals surface area contributed by atoms with Crippen LogP contribution in [0.25, 0.3) is 10.9 Å². The number of carbonyl (C=O) groups is 3. The van der Waals surface area contributed by atoms with Gasteiger partial charge in [-0.25, -0.2) is 4.79 Å². The first-order valence-corrected chi connectivity index (χ1v) is 10.0. The van der Waals surface area contributed by atoms with Gasteiger partial charge in [0.2, 0.25) is 0 Å². The van der Waals surface area contributed by atoms with Crippen LogP contribution in [-0.4, -0.2) is 40.9 Å². The molecule has 1 aromatic carbocycles. The fourth-order valence-corrected chi connectivity index (χ4v) is 4.82. The third kappa shape index (κ3) is 3.44. The highest BCUT2D eigenvalue weighted by Crippen LogP contribution is 2.37. The predicted octanol–water partition coefficient (Wildman–Crippen LogP) is 3.10. The van der Waals surface area contributed by atoms with E-state index in [9.17, 15) is 14.4 Å². The van der Waals surface area contributed by atoms with Gasteiger partial charge >= 0.3 is 6.09 Å². The zero-order valence-corrected chi connectivity index (χ0v) is 16.6. The van der Waals surface area contributed by atoms with Crippen molar-refractivity contribution < 1.29 is 19.1 Å². The van der Waals surface area contributed by atoms with Gasteiger partial charge in [0.15, 0.2) is 0 Å². The molecular formula is C20H20N4O4S. The Balaban J connectivity index is 1.64. The number of thiophene rings is 1. The van der Waals surface area contributed by atoms with E-state index in [1.54, 1.807) is 18.0 Å². The topological polar surface area (TPSA) is 118 Å². The molecule has 0 unspecified atom stereocenters. The van der Waals surface area contributed by atoms with E-state index in [-0.39, 0.29) is 5.91 Å². The maximum Gasteiger partial charge on any atom is 0.410 e. The van der Waals surface area contributed by atoms with E-state index in [0.717, 1.165) is 21.3 Å². The fourth-order valence-electron chi connectivity index (χ4n) is 3.55. The Hall–Kier alpha value is -3.33. The molecule has 1 aliphatic heterocycles. The number of para-hydroxylation sites is 1. The molecule has 4 rings (SSSR count). The molecule has 29 heavy (non-hydrogen) atoms. The number of hydrogen-bond acceptors (Lipinski definition) is 5. The third-order valence-electron chi connectivity index (χ3n) is 4.89. The molecule has 0 saturated carbocycles. The summed E-state index contributed by atoms with van der Waals surface area (Å²) in [6.45, 7) is 2.80. The molecule has 3 heterocycles. The molecule has 3 aromatic rings. The summed E-state index contributed by atoms with van der Waals surface area (Å²) < 4.78 is 5.06. The number of rotatable bonds is 4. The summed E-state index contributed by atoms with van der Waals surface area (Å²) in [5.74, 6) is -0.924. The molecule has 0 saturated heterocycles. The number of carbonyl (C=O) groups excluding carboxylic acids is 3. The third-order valence-corrected chi connectivity index (χ3v) is 6.02. The number of nitrogens with two attached hydrogens (primary N) is 1.